The molecule has 1 aliphatic heterocycles. The van der Waals surface area contributed by atoms with Crippen LogP contribution in [0.1, 0.15) is 35.8 Å². The molecule has 23 heavy (non-hydrogen) atoms. The first-order valence-corrected chi connectivity index (χ1v) is 8.09. The van der Waals surface area contributed by atoms with Crippen LogP contribution in [-0.4, -0.2) is 34.1 Å². The lowest BCUT2D eigenvalue weighted by Crippen LogP contribution is -2.17. The highest BCUT2D eigenvalue weighted by Crippen LogP contribution is 2.47. The van der Waals surface area contributed by atoms with Gasteiger partial charge in [0.2, 0.25) is 0 Å². The van der Waals surface area contributed by atoms with Gasteiger partial charge in [-0.15, -0.1) is 0 Å². The Morgan fingerprint density at radius 2 is 2.04 bits per heavy atom. The highest BCUT2D eigenvalue weighted by molar-refractivity contribution is 9.10. The van der Waals surface area contributed by atoms with Crippen LogP contribution in [0.2, 0.25) is 0 Å². The molecule has 2 aromatic rings. The Hall–Kier alpha value is -2.02. The molecule has 1 aromatic carbocycles. The zero-order valence-electron chi connectivity index (χ0n) is 13.1. The molecule has 1 N–H and O–H groups in total. The van der Waals surface area contributed by atoms with E-state index in [4.69, 9.17) is 14.6 Å². The second-order valence-corrected chi connectivity index (χ2v) is 6.47. The van der Waals surface area contributed by atoms with E-state index in [0.29, 0.717) is 24.7 Å². The smallest absolute Gasteiger partial charge is 0.356 e. The van der Waals surface area contributed by atoms with Gasteiger partial charge in [-0.1, -0.05) is 13.8 Å². The van der Waals surface area contributed by atoms with Crippen molar-refractivity contribution in [3.8, 4) is 22.8 Å². The average Bonchev–Trinajstić information content (AvgIpc) is 2.89. The fraction of sp³-hybridized carbons (Fsp3) is 0.375. The first kappa shape index (κ1) is 15.9. The van der Waals surface area contributed by atoms with Gasteiger partial charge in [0, 0.05) is 12.6 Å². The molecular formula is C16H17BrN2O4. The summed E-state index contributed by atoms with van der Waals surface area (Å²) in [6.07, 6.45) is 0. The van der Waals surface area contributed by atoms with Crippen molar-refractivity contribution in [3.05, 3.63) is 27.9 Å². The number of hydrogen-bond donors (Lipinski definition) is 1. The second kappa shape index (κ2) is 5.88. The van der Waals surface area contributed by atoms with Gasteiger partial charge in [0.05, 0.1) is 10.2 Å². The minimum atomic E-state index is -1.05. The van der Waals surface area contributed by atoms with Gasteiger partial charge in [-0.3, -0.25) is 4.68 Å². The monoisotopic (exact) mass is 380 g/mol. The standard InChI is InChI=1S/C16H17BrN2O4/c1-8(2)13-9(11-7-10(16(20)21)18-19(11)3)6-12-15(14(13)17)23-5-4-22-12/h6-8H,4-5H2,1-3H3,(H,20,21). The van der Waals surface area contributed by atoms with Gasteiger partial charge in [-0.25, -0.2) is 4.79 Å². The van der Waals surface area contributed by atoms with Crippen molar-refractivity contribution >= 4 is 21.9 Å². The molecule has 0 spiro atoms. The van der Waals surface area contributed by atoms with E-state index in [9.17, 15) is 4.79 Å². The van der Waals surface area contributed by atoms with Crippen molar-refractivity contribution in [1.29, 1.82) is 0 Å². The van der Waals surface area contributed by atoms with Crippen LogP contribution < -0.4 is 9.47 Å². The molecular weight excluding hydrogens is 364 g/mol. The Morgan fingerprint density at radius 1 is 1.35 bits per heavy atom. The molecule has 0 saturated heterocycles. The molecule has 2 heterocycles. The summed E-state index contributed by atoms with van der Waals surface area (Å²) in [5.74, 6) is 0.512. The number of aromatic nitrogens is 2. The molecule has 0 unspecified atom stereocenters. The molecule has 1 aromatic heterocycles. The second-order valence-electron chi connectivity index (χ2n) is 5.67. The lowest BCUT2D eigenvalue weighted by molar-refractivity contribution is 0.0689. The molecule has 0 fully saturated rings. The number of benzene rings is 1. The maximum absolute atomic E-state index is 11.2. The van der Waals surface area contributed by atoms with Gasteiger partial charge in [0.15, 0.2) is 17.2 Å². The molecule has 6 nitrogen and oxygen atoms in total. The van der Waals surface area contributed by atoms with Crippen molar-refractivity contribution in [1.82, 2.24) is 9.78 Å². The number of carbonyl (C=O) groups is 1. The van der Waals surface area contributed by atoms with E-state index in [1.54, 1.807) is 17.8 Å². The topological polar surface area (TPSA) is 73.6 Å². The summed E-state index contributed by atoms with van der Waals surface area (Å²) < 4.78 is 13.8. The van der Waals surface area contributed by atoms with E-state index in [-0.39, 0.29) is 11.6 Å². The third-order valence-corrected chi connectivity index (χ3v) is 4.55. The number of aryl methyl sites for hydroxylation is 1. The molecule has 7 heteroatoms. The summed E-state index contributed by atoms with van der Waals surface area (Å²) in [7, 11) is 1.73. The maximum Gasteiger partial charge on any atom is 0.356 e. The molecule has 1 aliphatic rings. The van der Waals surface area contributed by atoms with Gasteiger partial charge in [0.25, 0.3) is 0 Å². The summed E-state index contributed by atoms with van der Waals surface area (Å²) in [6, 6.07) is 3.48. The predicted molar refractivity (Wildman–Crippen MR) is 88.4 cm³/mol. The molecule has 0 amide bonds. The number of ether oxygens (including phenoxy) is 2. The third kappa shape index (κ3) is 2.69. The number of rotatable bonds is 3. The predicted octanol–water partition coefficient (Wildman–Crippen LogP) is 3.44. The Labute approximate surface area is 142 Å². The van der Waals surface area contributed by atoms with E-state index in [0.717, 1.165) is 21.3 Å². The summed E-state index contributed by atoms with van der Waals surface area (Å²) in [5, 5.41) is 13.2. The Morgan fingerprint density at radius 3 is 2.65 bits per heavy atom. The highest BCUT2D eigenvalue weighted by atomic mass is 79.9. The molecule has 0 aliphatic carbocycles. The minimum Gasteiger partial charge on any atom is -0.486 e. The number of halogens is 1. The van der Waals surface area contributed by atoms with Crippen LogP contribution in [0.25, 0.3) is 11.3 Å². The third-order valence-electron chi connectivity index (χ3n) is 3.76. The SMILES string of the molecule is CC(C)c1c(-c2cc(C(=O)O)nn2C)cc2c(c1Br)OCCO2. The fourth-order valence-corrected chi connectivity index (χ4v) is 3.74. The van der Waals surface area contributed by atoms with Crippen LogP contribution in [0, 0.1) is 0 Å². The summed E-state index contributed by atoms with van der Waals surface area (Å²) in [4.78, 5) is 11.2. The lowest BCUT2D eigenvalue weighted by atomic mass is 9.94. The quantitative estimate of drug-likeness (QED) is 0.882. The Bertz CT molecular complexity index is 783. The van der Waals surface area contributed by atoms with Crippen LogP contribution in [0.15, 0.2) is 16.6 Å². The van der Waals surface area contributed by atoms with Crippen LogP contribution in [0.5, 0.6) is 11.5 Å². The molecule has 0 bridgehead atoms. The van der Waals surface area contributed by atoms with Crippen LogP contribution in [0.4, 0.5) is 0 Å². The number of carboxylic acid groups (broad SMARTS) is 1. The van der Waals surface area contributed by atoms with E-state index in [1.807, 2.05) is 6.07 Å². The number of hydrogen-bond acceptors (Lipinski definition) is 4. The molecule has 3 rings (SSSR count). The fourth-order valence-electron chi connectivity index (χ4n) is 2.76. The summed E-state index contributed by atoms with van der Waals surface area (Å²) in [6.45, 7) is 5.16. The molecule has 122 valence electrons. The van der Waals surface area contributed by atoms with Crippen molar-refractivity contribution in [3.63, 3.8) is 0 Å². The van der Waals surface area contributed by atoms with Gasteiger partial charge < -0.3 is 14.6 Å². The zero-order valence-corrected chi connectivity index (χ0v) is 14.7. The van der Waals surface area contributed by atoms with Gasteiger partial charge in [0.1, 0.15) is 13.2 Å². The van der Waals surface area contributed by atoms with Crippen molar-refractivity contribution in [2.45, 2.75) is 19.8 Å². The first-order valence-electron chi connectivity index (χ1n) is 7.29. The minimum absolute atomic E-state index is 0.0169. The number of fused-ring (bicyclic) bond motifs is 1. The molecule has 0 saturated carbocycles. The average molecular weight is 381 g/mol. The van der Waals surface area contributed by atoms with Crippen molar-refractivity contribution in [2.75, 3.05) is 13.2 Å². The Balaban J connectivity index is 2.26. The van der Waals surface area contributed by atoms with Crippen molar-refractivity contribution in [2.24, 2.45) is 7.05 Å². The van der Waals surface area contributed by atoms with Crippen molar-refractivity contribution < 1.29 is 19.4 Å². The van der Waals surface area contributed by atoms with E-state index in [2.05, 4.69) is 34.9 Å². The Kier molecular flexibility index (Phi) is 4.06. The van der Waals surface area contributed by atoms with Gasteiger partial charge >= 0.3 is 5.97 Å². The van der Waals surface area contributed by atoms with Crippen LogP contribution >= 0.6 is 15.9 Å². The number of carboxylic acids is 1. The molecule has 0 radical (unpaired) electrons. The largest absolute Gasteiger partial charge is 0.486 e. The molecule has 0 atom stereocenters. The van der Waals surface area contributed by atoms with E-state index < -0.39 is 5.97 Å². The summed E-state index contributed by atoms with van der Waals surface area (Å²) in [5.41, 5.74) is 2.67. The van der Waals surface area contributed by atoms with Crippen LogP contribution in [0.3, 0.4) is 0 Å². The van der Waals surface area contributed by atoms with Gasteiger partial charge in [-0.05, 0) is 39.5 Å². The lowest BCUT2D eigenvalue weighted by Gasteiger charge is -2.24. The summed E-state index contributed by atoms with van der Waals surface area (Å²) >= 11 is 3.63. The normalized spacial score (nSPS) is 13.4. The zero-order chi connectivity index (χ0) is 16.7. The maximum atomic E-state index is 11.2. The van der Waals surface area contributed by atoms with Crippen LogP contribution in [-0.2, 0) is 7.05 Å². The highest BCUT2D eigenvalue weighted by Gasteiger charge is 2.25. The van der Waals surface area contributed by atoms with E-state index in [1.165, 1.54) is 0 Å². The van der Waals surface area contributed by atoms with Gasteiger partial charge in [-0.2, -0.15) is 5.10 Å². The number of nitrogens with zero attached hydrogens (tertiary/aromatic N) is 2. The van der Waals surface area contributed by atoms with E-state index >= 15 is 0 Å². The first-order chi connectivity index (χ1) is 10.9. The number of aromatic carboxylic acids is 1.